The van der Waals surface area contributed by atoms with Gasteiger partial charge in [-0.05, 0) is 31.1 Å². The highest BCUT2D eigenvalue weighted by Crippen LogP contribution is 2.09. The van der Waals surface area contributed by atoms with Crippen LogP contribution in [-0.4, -0.2) is 24.5 Å². The standard InChI is InChI=1S/C16H19NO3/c1-4-11-17-16(19)13(3)20-15(18)10-9-14-8-6-5-7-12(14)2/h4-10,13H,1,11H2,2-3H3,(H,17,19)/b10-9+/t13-/m0/s1. The van der Waals surface area contributed by atoms with Gasteiger partial charge in [0.25, 0.3) is 5.91 Å². The second kappa shape index (κ2) is 7.94. The van der Waals surface area contributed by atoms with Gasteiger partial charge < -0.3 is 10.1 Å². The van der Waals surface area contributed by atoms with Crippen LogP contribution in [0.4, 0.5) is 0 Å². The zero-order valence-electron chi connectivity index (χ0n) is 11.8. The lowest BCUT2D eigenvalue weighted by Gasteiger charge is -2.11. The molecule has 4 nitrogen and oxygen atoms in total. The Morgan fingerprint density at radius 3 is 2.75 bits per heavy atom. The van der Waals surface area contributed by atoms with Crippen LogP contribution in [0.2, 0.25) is 0 Å². The SMILES string of the molecule is C=CCNC(=O)[C@H](C)OC(=O)/C=C/c1ccccc1C. The van der Waals surface area contributed by atoms with Crippen LogP contribution in [0.15, 0.2) is 43.0 Å². The Hall–Kier alpha value is -2.36. The summed E-state index contributed by atoms with van der Waals surface area (Å²) in [5.74, 6) is -0.892. The number of carbonyl (C=O) groups is 2. The van der Waals surface area contributed by atoms with E-state index in [0.717, 1.165) is 11.1 Å². The molecule has 4 heteroatoms. The van der Waals surface area contributed by atoms with Gasteiger partial charge in [0.2, 0.25) is 0 Å². The van der Waals surface area contributed by atoms with Gasteiger partial charge in [0.05, 0.1) is 0 Å². The third-order valence-corrected chi connectivity index (χ3v) is 2.67. The van der Waals surface area contributed by atoms with E-state index in [2.05, 4.69) is 11.9 Å². The van der Waals surface area contributed by atoms with Gasteiger partial charge >= 0.3 is 5.97 Å². The molecule has 1 aromatic rings. The largest absolute Gasteiger partial charge is 0.449 e. The van der Waals surface area contributed by atoms with Crippen LogP contribution in [0.5, 0.6) is 0 Å². The number of carbonyl (C=O) groups excluding carboxylic acids is 2. The van der Waals surface area contributed by atoms with Gasteiger partial charge in [-0.15, -0.1) is 6.58 Å². The molecule has 0 radical (unpaired) electrons. The molecule has 0 aliphatic heterocycles. The predicted octanol–water partition coefficient (Wildman–Crippen LogP) is 2.24. The van der Waals surface area contributed by atoms with E-state index in [1.54, 1.807) is 12.2 Å². The van der Waals surface area contributed by atoms with Crippen LogP contribution in [-0.2, 0) is 14.3 Å². The molecule has 0 saturated heterocycles. The smallest absolute Gasteiger partial charge is 0.331 e. The maximum atomic E-state index is 11.6. The van der Waals surface area contributed by atoms with Crippen LogP contribution < -0.4 is 5.32 Å². The van der Waals surface area contributed by atoms with Crippen molar-refractivity contribution in [1.82, 2.24) is 5.32 Å². The molecule has 106 valence electrons. The summed E-state index contributed by atoms with van der Waals surface area (Å²) in [6.07, 6.45) is 3.72. The molecule has 0 aliphatic carbocycles. The normalized spacial score (nSPS) is 11.9. The van der Waals surface area contributed by atoms with Crippen molar-refractivity contribution in [2.45, 2.75) is 20.0 Å². The van der Waals surface area contributed by atoms with Gasteiger partial charge in [0.1, 0.15) is 0 Å². The molecule has 0 saturated carbocycles. The minimum Gasteiger partial charge on any atom is -0.449 e. The highest BCUT2D eigenvalue weighted by atomic mass is 16.5. The Bertz CT molecular complexity index is 520. The summed E-state index contributed by atoms with van der Waals surface area (Å²) in [4.78, 5) is 23.1. The minimum atomic E-state index is -0.830. The number of ether oxygens (including phenoxy) is 1. The monoisotopic (exact) mass is 273 g/mol. The quantitative estimate of drug-likeness (QED) is 0.491. The molecule has 20 heavy (non-hydrogen) atoms. The van der Waals surface area contributed by atoms with Crippen molar-refractivity contribution in [1.29, 1.82) is 0 Å². The van der Waals surface area contributed by atoms with Crippen molar-refractivity contribution in [3.63, 3.8) is 0 Å². The molecule has 1 aromatic carbocycles. The lowest BCUT2D eigenvalue weighted by molar-refractivity contribution is -0.150. The van der Waals surface area contributed by atoms with Crippen molar-refractivity contribution in [2.75, 3.05) is 6.54 Å². The molecule has 0 bridgehead atoms. The van der Waals surface area contributed by atoms with Gasteiger partial charge in [-0.1, -0.05) is 30.3 Å². The van der Waals surface area contributed by atoms with E-state index in [1.807, 2.05) is 31.2 Å². The van der Waals surface area contributed by atoms with Crippen LogP contribution in [0, 0.1) is 6.92 Å². The molecule has 0 aromatic heterocycles. The molecular weight excluding hydrogens is 254 g/mol. The number of nitrogens with one attached hydrogen (secondary N) is 1. The average Bonchev–Trinajstić information content (AvgIpc) is 2.43. The van der Waals surface area contributed by atoms with Crippen LogP contribution in [0.1, 0.15) is 18.1 Å². The molecule has 1 N–H and O–H groups in total. The number of hydrogen-bond donors (Lipinski definition) is 1. The van der Waals surface area contributed by atoms with Crippen molar-refractivity contribution in [3.05, 3.63) is 54.1 Å². The third kappa shape index (κ3) is 5.10. The molecule has 0 heterocycles. The fourth-order valence-electron chi connectivity index (χ4n) is 1.52. The van der Waals surface area contributed by atoms with Gasteiger partial charge in [-0.3, -0.25) is 4.79 Å². The molecule has 1 rings (SSSR count). The topological polar surface area (TPSA) is 55.4 Å². The van der Waals surface area contributed by atoms with Gasteiger partial charge in [-0.25, -0.2) is 4.79 Å². The van der Waals surface area contributed by atoms with Crippen LogP contribution in [0.25, 0.3) is 6.08 Å². The number of amides is 1. The maximum Gasteiger partial charge on any atom is 0.331 e. The van der Waals surface area contributed by atoms with E-state index in [-0.39, 0.29) is 5.91 Å². The van der Waals surface area contributed by atoms with E-state index in [9.17, 15) is 9.59 Å². The van der Waals surface area contributed by atoms with Crippen molar-refractivity contribution >= 4 is 18.0 Å². The number of esters is 1. The Balaban J connectivity index is 2.53. The summed E-state index contributed by atoms with van der Waals surface area (Å²) in [5.41, 5.74) is 2.00. The second-order valence-electron chi connectivity index (χ2n) is 4.30. The van der Waals surface area contributed by atoms with E-state index < -0.39 is 12.1 Å². The number of aryl methyl sites for hydroxylation is 1. The number of hydrogen-bond acceptors (Lipinski definition) is 3. The Labute approximate surface area is 119 Å². The Morgan fingerprint density at radius 2 is 2.10 bits per heavy atom. The summed E-state index contributed by atoms with van der Waals surface area (Å²) in [7, 11) is 0. The van der Waals surface area contributed by atoms with Gasteiger partial charge in [-0.2, -0.15) is 0 Å². The molecule has 1 atom stereocenters. The molecule has 0 spiro atoms. The highest BCUT2D eigenvalue weighted by molar-refractivity contribution is 5.90. The summed E-state index contributed by atoms with van der Waals surface area (Å²) < 4.78 is 5.00. The van der Waals surface area contributed by atoms with Crippen molar-refractivity contribution in [3.8, 4) is 0 Å². The Kier molecular flexibility index (Phi) is 6.23. The number of rotatable bonds is 6. The predicted molar refractivity (Wildman–Crippen MR) is 79.0 cm³/mol. The summed E-state index contributed by atoms with van der Waals surface area (Å²) in [6.45, 7) is 7.32. The van der Waals surface area contributed by atoms with Gasteiger partial charge in [0.15, 0.2) is 6.10 Å². The first kappa shape index (κ1) is 15.7. The minimum absolute atomic E-state index is 0.345. The average molecular weight is 273 g/mol. The summed E-state index contributed by atoms with van der Waals surface area (Å²) >= 11 is 0. The van der Waals surface area contributed by atoms with E-state index in [1.165, 1.54) is 13.0 Å². The first-order chi connectivity index (χ1) is 9.54. The second-order valence-corrected chi connectivity index (χ2v) is 4.30. The first-order valence-electron chi connectivity index (χ1n) is 6.37. The van der Waals surface area contributed by atoms with E-state index >= 15 is 0 Å². The van der Waals surface area contributed by atoms with Crippen molar-refractivity contribution < 1.29 is 14.3 Å². The zero-order valence-corrected chi connectivity index (χ0v) is 11.8. The lowest BCUT2D eigenvalue weighted by Crippen LogP contribution is -2.35. The van der Waals surface area contributed by atoms with E-state index in [0.29, 0.717) is 6.54 Å². The lowest BCUT2D eigenvalue weighted by atomic mass is 10.1. The van der Waals surface area contributed by atoms with Gasteiger partial charge in [0, 0.05) is 12.6 Å². The molecular formula is C16H19NO3. The maximum absolute atomic E-state index is 11.6. The van der Waals surface area contributed by atoms with Crippen LogP contribution >= 0.6 is 0 Å². The number of benzene rings is 1. The van der Waals surface area contributed by atoms with E-state index in [4.69, 9.17) is 4.74 Å². The first-order valence-corrected chi connectivity index (χ1v) is 6.37. The zero-order chi connectivity index (χ0) is 15.0. The fourth-order valence-corrected chi connectivity index (χ4v) is 1.52. The highest BCUT2D eigenvalue weighted by Gasteiger charge is 2.15. The summed E-state index contributed by atoms with van der Waals surface area (Å²) in [6, 6.07) is 7.68. The summed E-state index contributed by atoms with van der Waals surface area (Å²) in [5, 5.41) is 2.56. The van der Waals surface area contributed by atoms with Crippen molar-refractivity contribution in [2.24, 2.45) is 0 Å². The molecule has 0 fully saturated rings. The molecule has 0 aliphatic rings. The Morgan fingerprint density at radius 1 is 1.40 bits per heavy atom. The fraction of sp³-hybridized carbons (Fsp3) is 0.250. The third-order valence-electron chi connectivity index (χ3n) is 2.67. The van der Waals surface area contributed by atoms with Crippen LogP contribution in [0.3, 0.4) is 0 Å². The molecule has 0 unspecified atom stereocenters. The molecule has 1 amide bonds.